The van der Waals surface area contributed by atoms with Gasteiger partial charge in [0.25, 0.3) is 0 Å². The molecule has 1 aliphatic rings. The van der Waals surface area contributed by atoms with Crippen molar-refractivity contribution < 1.29 is 0 Å². The minimum absolute atomic E-state index is 1.06. The van der Waals surface area contributed by atoms with E-state index in [9.17, 15) is 0 Å². The topological polar surface area (TPSA) is 6.48 Å². The van der Waals surface area contributed by atoms with Crippen LogP contribution >= 0.6 is 0 Å². The third-order valence-electron chi connectivity index (χ3n) is 4.10. The normalized spacial score (nSPS) is 17.5. The fourth-order valence-electron chi connectivity index (χ4n) is 3.04. The van der Waals surface area contributed by atoms with Crippen LogP contribution in [-0.2, 0) is 13.1 Å². The number of rotatable bonds is 4. The van der Waals surface area contributed by atoms with E-state index >= 15 is 0 Å². The van der Waals surface area contributed by atoms with Gasteiger partial charge >= 0.3 is 0 Å². The molecule has 3 rings (SSSR count). The Bertz CT molecular complexity index is 474. The van der Waals surface area contributed by atoms with E-state index < -0.39 is 0 Å². The molecular weight excluding hydrogens is 256 g/mol. The first-order valence-electron chi connectivity index (χ1n) is 7.93. The molecule has 2 heteroatoms. The van der Waals surface area contributed by atoms with Crippen molar-refractivity contribution in [1.29, 1.82) is 0 Å². The van der Waals surface area contributed by atoms with Crippen molar-refractivity contribution in [3.05, 3.63) is 71.8 Å². The molecule has 0 saturated carbocycles. The second-order valence-electron chi connectivity index (χ2n) is 5.92. The molecule has 110 valence electrons. The Labute approximate surface area is 128 Å². The molecular formula is C19H24N2. The van der Waals surface area contributed by atoms with Gasteiger partial charge in [-0.15, -0.1) is 0 Å². The summed E-state index contributed by atoms with van der Waals surface area (Å²) in [5, 5.41) is 0. The van der Waals surface area contributed by atoms with Gasteiger partial charge in [-0.25, -0.2) is 0 Å². The number of hydrogen-bond donors (Lipinski definition) is 0. The lowest BCUT2D eigenvalue weighted by Crippen LogP contribution is -2.35. The highest BCUT2D eigenvalue weighted by molar-refractivity contribution is 5.15. The fraction of sp³-hybridized carbons (Fsp3) is 0.368. The van der Waals surface area contributed by atoms with Gasteiger partial charge in [0, 0.05) is 13.1 Å². The first-order valence-corrected chi connectivity index (χ1v) is 7.93. The summed E-state index contributed by atoms with van der Waals surface area (Å²) in [4.78, 5) is 5.15. The largest absolute Gasteiger partial charge is 0.286 e. The summed E-state index contributed by atoms with van der Waals surface area (Å²) in [6, 6.07) is 21.6. The van der Waals surface area contributed by atoms with Gasteiger partial charge in [-0.3, -0.25) is 9.80 Å². The van der Waals surface area contributed by atoms with Gasteiger partial charge in [-0.05, 0) is 37.1 Å². The van der Waals surface area contributed by atoms with Crippen LogP contribution in [0.4, 0.5) is 0 Å². The maximum Gasteiger partial charge on any atom is 0.0512 e. The van der Waals surface area contributed by atoms with Crippen molar-refractivity contribution in [3.8, 4) is 0 Å². The zero-order valence-corrected chi connectivity index (χ0v) is 12.6. The van der Waals surface area contributed by atoms with E-state index in [1.54, 1.807) is 0 Å². The van der Waals surface area contributed by atoms with Gasteiger partial charge in [-0.2, -0.15) is 0 Å². The smallest absolute Gasteiger partial charge is 0.0512 e. The maximum absolute atomic E-state index is 2.57. The van der Waals surface area contributed by atoms with E-state index in [2.05, 4.69) is 70.5 Å². The summed E-state index contributed by atoms with van der Waals surface area (Å²) >= 11 is 0. The minimum Gasteiger partial charge on any atom is -0.286 e. The van der Waals surface area contributed by atoms with Crippen molar-refractivity contribution in [2.45, 2.75) is 25.9 Å². The van der Waals surface area contributed by atoms with E-state index in [1.165, 1.54) is 37.1 Å². The van der Waals surface area contributed by atoms with Crippen molar-refractivity contribution in [1.82, 2.24) is 9.80 Å². The number of hydrogen-bond acceptors (Lipinski definition) is 2. The second-order valence-corrected chi connectivity index (χ2v) is 5.92. The molecule has 1 fully saturated rings. The predicted octanol–water partition coefficient (Wildman–Crippen LogP) is 3.74. The first-order chi connectivity index (χ1) is 10.4. The predicted molar refractivity (Wildman–Crippen MR) is 87.8 cm³/mol. The summed E-state index contributed by atoms with van der Waals surface area (Å²) in [6.07, 6.45) is 2.61. The molecule has 0 N–H and O–H groups in total. The Kier molecular flexibility index (Phi) is 5.03. The van der Waals surface area contributed by atoms with Crippen LogP contribution in [-0.4, -0.2) is 29.6 Å². The molecule has 0 aromatic heterocycles. The van der Waals surface area contributed by atoms with E-state index in [4.69, 9.17) is 0 Å². The highest BCUT2D eigenvalue weighted by atomic mass is 15.3. The summed E-state index contributed by atoms with van der Waals surface area (Å²) in [7, 11) is 0. The average molecular weight is 280 g/mol. The van der Waals surface area contributed by atoms with Crippen molar-refractivity contribution in [2.75, 3.05) is 19.8 Å². The van der Waals surface area contributed by atoms with Crippen molar-refractivity contribution in [3.63, 3.8) is 0 Å². The standard InChI is InChI=1S/C19H24N2/c1-3-9-18(10-4-1)15-20-13-7-8-14-21(17-20)16-19-11-5-2-6-12-19/h1-6,9-12H,7-8,13-17H2. The third-order valence-corrected chi connectivity index (χ3v) is 4.10. The molecule has 0 aliphatic carbocycles. The highest BCUT2D eigenvalue weighted by Crippen LogP contribution is 2.14. The zero-order valence-electron chi connectivity index (χ0n) is 12.6. The first kappa shape index (κ1) is 14.3. The van der Waals surface area contributed by atoms with Crippen LogP contribution in [0.1, 0.15) is 24.0 Å². The van der Waals surface area contributed by atoms with Gasteiger partial charge < -0.3 is 0 Å². The van der Waals surface area contributed by atoms with Crippen LogP contribution in [0.3, 0.4) is 0 Å². The van der Waals surface area contributed by atoms with Gasteiger partial charge in [0.2, 0.25) is 0 Å². The monoisotopic (exact) mass is 280 g/mol. The van der Waals surface area contributed by atoms with Crippen LogP contribution in [0.5, 0.6) is 0 Å². The molecule has 21 heavy (non-hydrogen) atoms. The van der Waals surface area contributed by atoms with Crippen molar-refractivity contribution >= 4 is 0 Å². The van der Waals surface area contributed by atoms with Gasteiger partial charge in [-0.1, -0.05) is 60.7 Å². The maximum atomic E-state index is 2.57. The van der Waals surface area contributed by atoms with E-state index in [0.29, 0.717) is 0 Å². The van der Waals surface area contributed by atoms with E-state index in [-0.39, 0.29) is 0 Å². The van der Waals surface area contributed by atoms with Crippen LogP contribution in [0, 0.1) is 0 Å². The lowest BCUT2D eigenvalue weighted by atomic mass is 10.2. The molecule has 0 bridgehead atoms. The van der Waals surface area contributed by atoms with Crippen LogP contribution in [0.25, 0.3) is 0 Å². The van der Waals surface area contributed by atoms with Crippen LogP contribution in [0.2, 0.25) is 0 Å². The molecule has 1 heterocycles. The Morgan fingerprint density at radius 1 is 0.619 bits per heavy atom. The fourth-order valence-corrected chi connectivity index (χ4v) is 3.04. The second kappa shape index (κ2) is 7.39. The van der Waals surface area contributed by atoms with Gasteiger partial charge in [0.1, 0.15) is 0 Å². The third kappa shape index (κ3) is 4.42. The van der Waals surface area contributed by atoms with Gasteiger partial charge in [0.15, 0.2) is 0 Å². The van der Waals surface area contributed by atoms with Crippen LogP contribution < -0.4 is 0 Å². The molecule has 2 aromatic rings. The van der Waals surface area contributed by atoms with Gasteiger partial charge in [0.05, 0.1) is 6.67 Å². The lowest BCUT2D eigenvalue weighted by molar-refractivity contribution is 0.143. The summed E-state index contributed by atoms with van der Waals surface area (Å²) in [6.45, 7) is 5.61. The average Bonchev–Trinajstić information content (AvgIpc) is 2.74. The number of benzene rings is 2. The van der Waals surface area contributed by atoms with E-state index in [1.807, 2.05) is 0 Å². The zero-order chi connectivity index (χ0) is 14.3. The highest BCUT2D eigenvalue weighted by Gasteiger charge is 2.15. The van der Waals surface area contributed by atoms with Crippen LogP contribution in [0.15, 0.2) is 60.7 Å². The summed E-state index contributed by atoms with van der Waals surface area (Å²) in [5.74, 6) is 0. The Hall–Kier alpha value is -1.64. The minimum atomic E-state index is 1.06. The summed E-state index contributed by atoms with van der Waals surface area (Å²) in [5.41, 5.74) is 2.83. The molecule has 1 saturated heterocycles. The molecule has 2 nitrogen and oxygen atoms in total. The summed E-state index contributed by atoms with van der Waals surface area (Å²) < 4.78 is 0. The Morgan fingerprint density at radius 3 is 1.48 bits per heavy atom. The molecule has 0 spiro atoms. The lowest BCUT2D eigenvalue weighted by Gasteiger charge is -2.27. The Morgan fingerprint density at radius 2 is 1.05 bits per heavy atom. The Balaban J connectivity index is 1.61. The molecule has 0 amide bonds. The quantitative estimate of drug-likeness (QED) is 0.841. The number of nitrogens with zero attached hydrogens (tertiary/aromatic N) is 2. The molecule has 2 aromatic carbocycles. The molecule has 0 radical (unpaired) electrons. The van der Waals surface area contributed by atoms with Crippen molar-refractivity contribution in [2.24, 2.45) is 0 Å². The molecule has 0 unspecified atom stereocenters. The molecule has 1 aliphatic heterocycles. The SMILES string of the molecule is c1ccc(CN2CCCCN(Cc3ccccc3)C2)cc1. The molecule has 0 atom stereocenters. The van der Waals surface area contributed by atoms with E-state index in [0.717, 1.165) is 19.8 Å².